The maximum Gasteiger partial charge on any atom is 0.408 e. The Morgan fingerprint density at radius 1 is 0.943 bits per heavy atom. The van der Waals surface area contributed by atoms with E-state index >= 15 is 0 Å². The van der Waals surface area contributed by atoms with E-state index in [-0.39, 0.29) is 30.7 Å². The molecule has 0 bridgehead atoms. The zero-order chi connectivity index (χ0) is 25.4. The van der Waals surface area contributed by atoms with Crippen molar-refractivity contribution in [3.05, 3.63) is 66.0 Å². The molecule has 8 nitrogen and oxygen atoms in total. The van der Waals surface area contributed by atoms with Crippen molar-refractivity contribution in [3.63, 3.8) is 0 Å². The van der Waals surface area contributed by atoms with E-state index < -0.39 is 17.7 Å². The zero-order valence-corrected chi connectivity index (χ0v) is 20.3. The normalized spacial score (nSPS) is 14.7. The number of benzene rings is 2. The number of carbonyl (C=O) groups excluding carboxylic acids is 3. The summed E-state index contributed by atoms with van der Waals surface area (Å²) in [5, 5.41) is 2.70. The second kappa shape index (κ2) is 11.7. The van der Waals surface area contributed by atoms with E-state index in [4.69, 9.17) is 9.47 Å². The van der Waals surface area contributed by atoms with E-state index in [1.165, 1.54) is 24.3 Å². The molecule has 1 atom stereocenters. The second-order valence-electron chi connectivity index (χ2n) is 9.35. The highest BCUT2D eigenvalue weighted by Crippen LogP contribution is 2.14. The number of ether oxygens (including phenoxy) is 2. The first-order valence-corrected chi connectivity index (χ1v) is 11.6. The lowest BCUT2D eigenvalue weighted by atomic mass is 10.1. The number of alkyl carbamates (subject to hydrolysis) is 1. The molecule has 2 aromatic rings. The van der Waals surface area contributed by atoms with E-state index in [1.807, 2.05) is 18.2 Å². The molecule has 1 aliphatic rings. The molecule has 1 saturated heterocycles. The van der Waals surface area contributed by atoms with Gasteiger partial charge in [-0.2, -0.15) is 0 Å². The molecule has 1 aliphatic heterocycles. The maximum atomic E-state index is 13.2. The Morgan fingerprint density at radius 3 is 2.14 bits per heavy atom. The van der Waals surface area contributed by atoms with Gasteiger partial charge >= 0.3 is 6.09 Å². The van der Waals surface area contributed by atoms with Crippen LogP contribution in [-0.4, -0.2) is 72.1 Å². The molecule has 0 aromatic heterocycles. The monoisotopic (exact) mass is 485 g/mol. The molecule has 9 heteroatoms. The first kappa shape index (κ1) is 26.0. The van der Waals surface area contributed by atoms with Crippen molar-refractivity contribution in [3.8, 4) is 5.75 Å². The molecule has 1 fully saturated rings. The third kappa shape index (κ3) is 8.27. The number of hydrogen-bond donors (Lipinski definition) is 1. The number of nitrogens with zero attached hydrogens (tertiary/aromatic N) is 2. The minimum atomic E-state index is -0.696. The molecule has 0 spiro atoms. The van der Waals surface area contributed by atoms with E-state index in [1.54, 1.807) is 42.7 Å². The van der Waals surface area contributed by atoms with Crippen LogP contribution in [0.3, 0.4) is 0 Å². The fourth-order valence-corrected chi connectivity index (χ4v) is 3.62. The van der Waals surface area contributed by atoms with Crippen LogP contribution < -0.4 is 10.1 Å². The van der Waals surface area contributed by atoms with E-state index in [2.05, 4.69) is 5.32 Å². The van der Waals surface area contributed by atoms with Crippen molar-refractivity contribution in [1.29, 1.82) is 0 Å². The smallest absolute Gasteiger partial charge is 0.408 e. The van der Waals surface area contributed by atoms with Gasteiger partial charge in [-0.25, -0.2) is 9.18 Å². The number of halogens is 1. The molecular weight excluding hydrogens is 453 g/mol. The fraction of sp³-hybridized carbons (Fsp3) is 0.423. The van der Waals surface area contributed by atoms with Gasteiger partial charge in [0.25, 0.3) is 5.91 Å². The highest BCUT2D eigenvalue weighted by molar-refractivity contribution is 5.94. The average molecular weight is 486 g/mol. The van der Waals surface area contributed by atoms with Crippen molar-refractivity contribution in [2.24, 2.45) is 0 Å². The van der Waals surface area contributed by atoms with E-state index in [0.717, 1.165) is 0 Å². The summed E-state index contributed by atoms with van der Waals surface area (Å²) in [5.41, 5.74) is -0.0789. The first-order valence-electron chi connectivity index (χ1n) is 11.6. The summed E-state index contributed by atoms with van der Waals surface area (Å²) in [6.07, 6.45) is -0.663. The molecule has 0 aliphatic carbocycles. The molecule has 3 amide bonds. The summed E-state index contributed by atoms with van der Waals surface area (Å²) in [7, 11) is 0. The standard InChI is InChI=1S/C26H32FN3O5/c1-26(2,3)35-25(33)28-21(18-34-22-11-9-20(27)10-12-22)17-23(31)29-13-15-30(16-14-29)24(32)19-7-5-4-6-8-19/h4-12,21H,13-18H2,1-3H3,(H,28,33)/t21-/m0/s1. The lowest BCUT2D eigenvalue weighted by molar-refractivity contribution is -0.133. The number of amides is 3. The Labute approximate surface area is 205 Å². The van der Waals surface area contributed by atoms with Gasteiger partial charge in [0.15, 0.2) is 0 Å². The number of hydrogen-bond acceptors (Lipinski definition) is 5. The largest absolute Gasteiger partial charge is 0.491 e. The van der Waals surface area contributed by atoms with E-state index in [9.17, 15) is 18.8 Å². The van der Waals surface area contributed by atoms with Gasteiger partial charge in [-0.1, -0.05) is 18.2 Å². The van der Waals surface area contributed by atoms with Crippen molar-refractivity contribution in [1.82, 2.24) is 15.1 Å². The van der Waals surface area contributed by atoms with Crippen LogP contribution >= 0.6 is 0 Å². The average Bonchev–Trinajstić information content (AvgIpc) is 2.82. The first-order chi connectivity index (χ1) is 16.6. The van der Waals surface area contributed by atoms with Gasteiger partial charge in [0, 0.05) is 31.7 Å². The predicted octanol–water partition coefficient (Wildman–Crippen LogP) is 3.47. The predicted molar refractivity (Wildman–Crippen MR) is 129 cm³/mol. The van der Waals surface area contributed by atoms with Crippen molar-refractivity contribution in [2.75, 3.05) is 32.8 Å². The van der Waals surface area contributed by atoms with Gasteiger partial charge in [-0.15, -0.1) is 0 Å². The van der Waals surface area contributed by atoms with Gasteiger partial charge in [0.2, 0.25) is 5.91 Å². The van der Waals surface area contributed by atoms with Gasteiger partial charge in [-0.3, -0.25) is 9.59 Å². The van der Waals surface area contributed by atoms with Crippen LogP contribution in [0.4, 0.5) is 9.18 Å². The highest BCUT2D eigenvalue weighted by Gasteiger charge is 2.28. The Morgan fingerprint density at radius 2 is 1.54 bits per heavy atom. The Balaban J connectivity index is 1.57. The zero-order valence-electron chi connectivity index (χ0n) is 20.3. The molecule has 2 aromatic carbocycles. The van der Waals surface area contributed by atoms with Crippen molar-refractivity contribution < 1.29 is 28.2 Å². The minimum absolute atomic E-state index is 0.00305. The van der Waals surface area contributed by atoms with Crippen LogP contribution in [-0.2, 0) is 9.53 Å². The molecule has 0 unspecified atom stereocenters. The number of rotatable bonds is 7. The third-order valence-electron chi connectivity index (χ3n) is 5.35. The summed E-state index contributed by atoms with van der Waals surface area (Å²) >= 11 is 0. The van der Waals surface area contributed by atoms with Crippen molar-refractivity contribution >= 4 is 17.9 Å². The molecule has 35 heavy (non-hydrogen) atoms. The maximum absolute atomic E-state index is 13.2. The summed E-state index contributed by atoms with van der Waals surface area (Å²) in [5.74, 6) is -0.195. The summed E-state index contributed by atoms with van der Waals surface area (Å²) < 4.78 is 24.2. The summed E-state index contributed by atoms with van der Waals surface area (Å²) in [6.45, 7) is 6.90. The van der Waals surface area contributed by atoms with Crippen LogP contribution in [0, 0.1) is 5.82 Å². The number of carbonyl (C=O) groups is 3. The molecule has 0 radical (unpaired) electrons. The summed E-state index contributed by atoms with van der Waals surface area (Å²) in [6, 6.07) is 13.9. The van der Waals surface area contributed by atoms with Crippen molar-refractivity contribution in [2.45, 2.75) is 38.8 Å². The third-order valence-corrected chi connectivity index (χ3v) is 5.35. The molecule has 3 rings (SSSR count). The quantitative estimate of drug-likeness (QED) is 0.649. The van der Waals surface area contributed by atoms with Crippen LogP contribution in [0.5, 0.6) is 5.75 Å². The number of piperazine rings is 1. The second-order valence-corrected chi connectivity index (χ2v) is 9.35. The topological polar surface area (TPSA) is 88.2 Å². The number of nitrogens with one attached hydrogen (secondary N) is 1. The van der Waals surface area contributed by atoms with Gasteiger partial charge in [-0.05, 0) is 57.2 Å². The Hall–Kier alpha value is -3.62. The van der Waals surface area contributed by atoms with Crippen LogP contribution in [0.2, 0.25) is 0 Å². The molecule has 1 N–H and O–H groups in total. The fourth-order valence-electron chi connectivity index (χ4n) is 3.62. The van der Waals surface area contributed by atoms with Gasteiger partial charge in [0.1, 0.15) is 23.8 Å². The van der Waals surface area contributed by atoms with Crippen LogP contribution in [0.15, 0.2) is 54.6 Å². The summed E-state index contributed by atoms with van der Waals surface area (Å²) in [4.78, 5) is 41.4. The SMILES string of the molecule is CC(C)(C)OC(=O)N[C@H](COc1ccc(F)cc1)CC(=O)N1CCN(C(=O)c2ccccc2)CC1. The minimum Gasteiger partial charge on any atom is -0.491 e. The molecule has 0 saturated carbocycles. The van der Waals surface area contributed by atoms with Gasteiger partial charge in [0.05, 0.1) is 12.5 Å². The molecular formula is C26H32FN3O5. The molecule has 188 valence electrons. The highest BCUT2D eigenvalue weighted by atomic mass is 19.1. The Bertz CT molecular complexity index is 1000. The van der Waals surface area contributed by atoms with Crippen LogP contribution in [0.25, 0.3) is 0 Å². The Kier molecular flexibility index (Phi) is 8.68. The lowest BCUT2D eigenvalue weighted by Crippen LogP contribution is -2.52. The van der Waals surface area contributed by atoms with E-state index in [0.29, 0.717) is 37.5 Å². The van der Waals surface area contributed by atoms with Crippen LogP contribution in [0.1, 0.15) is 37.6 Å². The lowest BCUT2D eigenvalue weighted by Gasteiger charge is -2.35. The molecule has 1 heterocycles. The van der Waals surface area contributed by atoms with Gasteiger partial charge < -0.3 is 24.6 Å².